The van der Waals surface area contributed by atoms with Gasteiger partial charge in [0.05, 0.1) is 24.4 Å². The van der Waals surface area contributed by atoms with Crippen LogP contribution in [0.1, 0.15) is 19.3 Å². The van der Waals surface area contributed by atoms with E-state index in [0.29, 0.717) is 37.3 Å². The number of nitrogens with zero attached hydrogens (tertiary/aromatic N) is 3. The molecule has 0 spiro atoms. The number of aromatic nitrogens is 3. The average Bonchev–Trinajstić information content (AvgIpc) is 2.96. The van der Waals surface area contributed by atoms with Crippen LogP contribution >= 0.6 is 0 Å². The molecule has 3 rings (SSSR count). The summed E-state index contributed by atoms with van der Waals surface area (Å²) >= 11 is 0. The zero-order chi connectivity index (χ0) is 16.3. The largest absolute Gasteiger partial charge is 0.391 e. The first-order chi connectivity index (χ1) is 11.1. The number of halogens is 1. The van der Waals surface area contributed by atoms with Gasteiger partial charge < -0.3 is 14.9 Å². The third-order valence-corrected chi connectivity index (χ3v) is 4.13. The van der Waals surface area contributed by atoms with Crippen molar-refractivity contribution in [3.8, 4) is 11.3 Å². The zero-order valence-corrected chi connectivity index (χ0v) is 12.7. The first-order valence-electron chi connectivity index (χ1n) is 7.69. The molecule has 124 valence electrons. The molecule has 0 saturated carbocycles. The van der Waals surface area contributed by atoms with Gasteiger partial charge in [-0.3, -0.25) is 0 Å². The van der Waals surface area contributed by atoms with Gasteiger partial charge >= 0.3 is 0 Å². The first kappa shape index (κ1) is 16.0. The summed E-state index contributed by atoms with van der Waals surface area (Å²) in [7, 11) is 0. The maximum absolute atomic E-state index is 13.7. The number of ether oxygens (including phenoxy) is 1. The fourth-order valence-corrected chi connectivity index (χ4v) is 2.85. The molecule has 0 radical (unpaired) electrons. The second-order valence-electron chi connectivity index (χ2n) is 6.00. The maximum Gasteiger partial charge on any atom is 0.132 e. The van der Waals surface area contributed by atoms with Gasteiger partial charge in [-0.15, -0.1) is 5.10 Å². The zero-order valence-electron chi connectivity index (χ0n) is 12.7. The van der Waals surface area contributed by atoms with Crippen LogP contribution in [0.15, 0.2) is 30.5 Å². The molecule has 2 N–H and O–H groups in total. The van der Waals surface area contributed by atoms with Crippen LogP contribution in [0.5, 0.6) is 0 Å². The molecule has 2 aromatic rings. The van der Waals surface area contributed by atoms with Gasteiger partial charge in [0.1, 0.15) is 11.5 Å². The number of rotatable bonds is 5. The van der Waals surface area contributed by atoms with E-state index in [1.54, 1.807) is 24.4 Å². The highest BCUT2D eigenvalue weighted by atomic mass is 19.1. The molecule has 2 heterocycles. The molecule has 1 aromatic heterocycles. The number of hydrogen-bond donors (Lipinski definition) is 2. The van der Waals surface area contributed by atoms with Crippen LogP contribution in [0.3, 0.4) is 0 Å². The number of aliphatic hydroxyl groups is 2. The molecule has 1 unspecified atom stereocenters. The maximum atomic E-state index is 13.7. The summed E-state index contributed by atoms with van der Waals surface area (Å²) in [5, 5.41) is 28.5. The van der Waals surface area contributed by atoms with Crippen molar-refractivity contribution in [1.82, 2.24) is 15.0 Å². The highest BCUT2D eigenvalue weighted by molar-refractivity contribution is 5.58. The Bertz CT molecular complexity index is 656. The molecule has 0 aliphatic carbocycles. The van der Waals surface area contributed by atoms with Crippen LogP contribution in [-0.2, 0) is 11.3 Å². The molecule has 1 aliphatic heterocycles. The fraction of sp³-hybridized carbons (Fsp3) is 0.500. The molecular formula is C16H20FN3O3. The van der Waals surface area contributed by atoms with Crippen LogP contribution in [0.2, 0.25) is 0 Å². The lowest BCUT2D eigenvalue weighted by atomic mass is 9.88. The van der Waals surface area contributed by atoms with Crippen molar-refractivity contribution in [3.63, 3.8) is 0 Å². The molecule has 6 nitrogen and oxygen atoms in total. The van der Waals surface area contributed by atoms with Crippen molar-refractivity contribution >= 4 is 0 Å². The molecule has 1 aromatic carbocycles. The van der Waals surface area contributed by atoms with Crippen molar-refractivity contribution in [2.75, 3.05) is 13.2 Å². The summed E-state index contributed by atoms with van der Waals surface area (Å²) in [5.41, 5.74) is -0.108. The third kappa shape index (κ3) is 3.93. The summed E-state index contributed by atoms with van der Waals surface area (Å²) in [6.45, 7) is 1.21. The molecule has 0 bridgehead atoms. The smallest absolute Gasteiger partial charge is 0.132 e. The number of benzene rings is 1. The predicted octanol–water partition coefficient (Wildman–Crippen LogP) is 1.38. The number of aliphatic hydroxyl groups excluding tert-OH is 1. The summed E-state index contributed by atoms with van der Waals surface area (Å²) in [5.74, 6) is -0.364. The summed E-state index contributed by atoms with van der Waals surface area (Å²) in [4.78, 5) is 0. The molecule has 1 atom stereocenters. The molecule has 1 fully saturated rings. The van der Waals surface area contributed by atoms with Gasteiger partial charge in [-0.25, -0.2) is 9.07 Å². The molecule has 7 heteroatoms. The summed E-state index contributed by atoms with van der Waals surface area (Å²) in [6, 6.07) is 6.34. The average molecular weight is 321 g/mol. The topological polar surface area (TPSA) is 80.4 Å². The van der Waals surface area contributed by atoms with E-state index in [1.807, 2.05) is 0 Å². The number of hydrogen-bond acceptors (Lipinski definition) is 5. The van der Waals surface area contributed by atoms with E-state index in [1.165, 1.54) is 10.7 Å². The van der Waals surface area contributed by atoms with E-state index >= 15 is 0 Å². The van der Waals surface area contributed by atoms with Gasteiger partial charge in [0.15, 0.2) is 0 Å². The summed E-state index contributed by atoms with van der Waals surface area (Å²) < 4.78 is 20.4. The molecule has 1 saturated heterocycles. The van der Waals surface area contributed by atoms with E-state index in [2.05, 4.69) is 10.3 Å². The lowest BCUT2D eigenvalue weighted by molar-refractivity contribution is -0.0884. The van der Waals surface area contributed by atoms with Crippen molar-refractivity contribution in [1.29, 1.82) is 0 Å². The SMILES string of the molecule is OC(Cn1cc(-c2ccccc2F)nn1)CC1(O)CCOCC1. The van der Waals surface area contributed by atoms with Crippen molar-refractivity contribution < 1.29 is 19.3 Å². The Kier molecular flexibility index (Phi) is 4.70. The van der Waals surface area contributed by atoms with Gasteiger partial charge in [0.2, 0.25) is 0 Å². The first-order valence-corrected chi connectivity index (χ1v) is 7.69. The standard InChI is InChI=1S/C16H20FN3O3/c17-14-4-2-1-3-13(14)15-11-20(19-18-15)10-12(21)9-16(22)5-7-23-8-6-16/h1-4,11-12,21-22H,5-10H2. The van der Waals surface area contributed by atoms with Gasteiger partial charge in [0.25, 0.3) is 0 Å². The lowest BCUT2D eigenvalue weighted by Crippen LogP contribution is -2.40. The van der Waals surface area contributed by atoms with Crippen LogP contribution < -0.4 is 0 Å². The lowest BCUT2D eigenvalue weighted by Gasteiger charge is -2.33. The van der Waals surface area contributed by atoms with Crippen molar-refractivity contribution in [3.05, 3.63) is 36.3 Å². The monoisotopic (exact) mass is 321 g/mol. The van der Waals surface area contributed by atoms with Crippen molar-refractivity contribution in [2.24, 2.45) is 0 Å². The molecule has 23 heavy (non-hydrogen) atoms. The quantitative estimate of drug-likeness (QED) is 0.869. The van der Waals surface area contributed by atoms with E-state index in [-0.39, 0.29) is 18.8 Å². The summed E-state index contributed by atoms with van der Waals surface area (Å²) in [6.07, 6.45) is 2.12. The minimum absolute atomic E-state index is 0.199. The van der Waals surface area contributed by atoms with E-state index in [0.717, 1.165) is 0 Å². The molecule has 1 aliphatic rings. The Morgan fingerprint density at radius 3 is 2.78 bits per heavy atom. The Hall–Kier alpha value is -1.83. The van der Waals surface area contributed by atoms with Crippen molar-refractivity contribution in [2.45, 2.75) is 37.5 Å². The third-order valence-electron chi connectivity index (χ3n) is 4.13. The van der Waals surface area contributed by atoms with Crippen LogP contribution in [0.4, 0.5) is 4.39 Å². The highest BCUT2D eigenvalue weighted by Gasteiger charge is 2.32. The van der Waals surface area contributed by atoms with Gasteiger partial charge in [-0.2, -0.15) is 0 Å². The van der Waals surface area contributed by atoms with E-state index in [4.69, 9.17) is 4.74 Å². The highest BCUT2D eigenvalue weighted by Crippen LogP contribution is 2.26. The predicted molar refractivity (Wildman–Crippen MR) is 81.0 cm³/mol. The minimum Gasteiger partial charge on any atom is -0.391 e. The van der Waals surface area contributed by atoms with Gasteiger partial charge in [-0.05, 0) is 25.0 Å². The minimum atomic E-state index is -0.896. The Balaban J connectivity index is 1.63. The second kappa shape index (κ2) is 6.74. The van der Waals surface area contributed by atoms with Gasteiger partial charge in [-0.1, -0.05) is 17.3 Å². The molecule has 0 amide bonds. The van der Waals surface area contributed by atoms with Crippen LogP contribution in [0.25, 0.3) is 11.3 Å². The van der Waals surface area contributed by atoms with Crippen LogP contribution in [-0.4, -0.2) is 50.1 Å². The van der Waals surface area contributed by atoms with E-state index in [9.17, 15) is 14.6 Å². The van der Waals surface area contributed by atoms with Gasteiger partial charge in [0, 0.05) is 25.2 Å². The fourth-order valence-electron chi connectivity index (χ4n) is 2.85. The normalized spacial score (nSPS) is 18.7. The second-order valence-corrected chi connectivity index (χ2v) is 6.00. The van der Waals surface area contributed by atoms with Crippen LogP contribution in [0, 0.1) is 5.82 Å². The Morgan fingerprint density at radius 2 is 2.04 bits per heavy atom. The van der Waals surface area contributed by atoms with E-state index < -0.39 is 11.7 Å². The molecular weight excluding hydrogens is 301 g/mol. The Labute approximate surface area is 133 Å². The Morgan fingerprint density at radius 1 is 1.30 bits per heavy atom.